The molecule has 1 amide bonds. The summed E-state index contributed by atoms with van der Waals surface area (Å²) in [5, 5.41) is 3.92. The van der Waals surface area contributed by atoms with Crippen molar-refractivity contribution in [2.24, 2.45) is 0 Å². The molecule has 0 atom stereocenters. The molecular formula is C16H17FNO2. The summed E-state index contributed by atoms with van der Waals surface area (Å²) in [7, 11) is 0. The summed E-state index contributed by atoms with van der Waals surface area (Å²) in [6.07, 6.45) is -0.660. The minimum absolute atomic E-state index is 0.174. The van der Waals surface area contributed by atoms with Gasteiger partial charge in [-0.05, 0) is 49.4 Å². The van der Waals surface area contributed by atoms with E-state index in [4.69, 9.17) is 4.74 Å². The highest BCUT2D eigenvalue weighted by Crippen LogP contribution is 2.23. The molecule has 2 aromatic rings. The molecule has 0 aliphatic carbocycles. The number of rotatable bonds is 3. The number of alkyl carbamates (subject to hydrolysis) is 1. The molecule has 105 valence electrons. The first kappa shape index (κ1) is 14.3. The largest absolute Gasteiger partial charge is 0.447 e. The Morgan fingerprint density at radius 1 is 1.35 bits per heavy atom. The Bertz CT molecular complexity index is 638. The average molecular weight is 274 g/mol. The normalized spacial score (nSPS) is 10.8. The Morgan fingerprint density at radius 3 is 2.80 bits per heavy atom. The molecule has 0 aromatic heterocycles. The van der Waals surface area contributed by atoms with Crippen LogP contribution in [0, 0.1) is 12.7 Å². The van der Waals surface area contributed by atoms with E-state index in [1.165, 1.54) is 6.07 Å². The molecule has 0 unspecified atom stereocenters. The fourth-order valence-corrected chi connectivity index (χ4v) is 2.02. The predicted octanol–water partition coefficient (Wildman–Crippen LogP) is 3.80. The topological polar surface area (TPSA) is 38.3 Å². The second kappa shape index (κ2) is 5.90. The summed E-state index contributed by atoms with van der Waals surface area (Å²) < 4.78 is 18.8. The number of amides is 1. The van der Waals surface area contributed by atoms with Crippen molar-refractivity contribution < 1.29 is 13.9 Å². The Labute approximate surface area is 117 Å². The van der Waals surface area contributed by atoms with Gasteiger partial charge in [0.05, 0.1) is 6.10 Å². The molecule has 0 spiro atoms. The summed E-state index contributed by atoms with van der Waals surface area (Å²) in [5.74, 6) is -0.293. The summed E-state index contributed by atoms with van der Waals surface area (Å²) in [5.41, 5.74) is 1.52. The number of nitrogens with one attached hydrogen (secondary N) is 1. The monoisotopic (exact) mass is 274 g/mol. The van der Waals surface area contributed by atoms with Crippen molar-refractivity contribution in [3.8, 4) is 0 Å². The summed E-state index contributed by atoms with van der Waals surface area (Å²) in [6.45, 7) is 7.75. The van der Waals surface area contributed by atoms with Crippen molar-refractivity contribution in [2.75, 3.05) is 0 Å². The fourth-order valence-electron chi connectivity index (χ4n) is 2.02. The highest BCUT2D eigenvalue weighted by molar-refractivity contribution is 5.87. The van der Waals surface area contributed by atoms with E-state index in [0.717, 1.165) is 16.5 Å². The van der Waals surface area contributed by atoms with E-state index < -0.39 is 6.09 Å². The van der Waals surface area contributed by atoms with Gasteiger partial charge in [0, 0.05) is 11.9 Å². The van der Waals surface area contributed by atoms with Crippen molar-refractivity contribution in [1.82, 2.24) is 5.32 Å². The third-order valence-corrected chi connectivity index (χ3v) is 2.87. The van der Waals surface area contributed by atoms with Crippen LogP contribution in [0.2, 0.25) is 0 Å². The molecule has 0 saturated carbocycles. The maximum atomic E-state index is 13.8. The second-order valence-corrected chi connectivity index (χ2v) is 4.90. The molecule has 1 N–H and O–H groups in total. The molecular weight excluding hydrogens is 257 g/mol. The molecule has 0 saturated heterocycles. The van der Waals surface area contributed by atoms with Crippen LogP contribution >= 0.6 is 0 Å². The third-order valence-electron chi connectivity index (χ3n) is 2.87. The molecule has 2 rings (SSSR count). The molecule has 0 heterocycles. The van der Waals surface area contributed by atoms with Gasteiger partial charge in [0.25, 0.3) is 0 Å². The molecule has 0 aliphatic rings. The molecule has 2 aromatic carbocycles. The highest BCUT2D eigenvalue weighted by Gasteiger charge is 2.08. The Hall–Kier alpha value is -2.10. The van der Waals surface area contributed by atoms with Crippen LogP contribution in [0.5, 0.6) is 0 Å². The van der Waals surface area contributed by atoms with Gasteiger partial charge in [-0.25, -0.2) is 9.18 Å². The molecule has 1 radical (unpaired) electrons. The van der Waals surface area contributed by atoms with Gasteiger partial charge in [-0.3, -0.25) is 0 Å². The third kappa shape index (κ3) is 3.26. The SMILES string of the molecule is [CH2]c1cc(CNC(=O)OC(C)C)cc2c(F)cccc12. The standard InChI is InChI=1S/C16H17FNO2/c1-10(2)20-16(19)18-9-12-7-11(3)13-5-4-6-15(17)14(13)8-12/h4-8,10H,3,9H2,1-2H3,(H,18,19). The van der Waals surface area contributed by atoms with Crippen molar-refractivity contribution in [1.29, 1.82) is 0 Å². The predicted molar refractivity (Wildman–Crippen MR) is 76.8 cm³/mol. The van der Waals surface area contributed by atoms with Crippen molar-refractivity contribution in [3.05, 3.63) is 54.2 Å². The van der Waals surface area contributed by atoms with Crippen LogP contribution in [0.3, 0.4) is 0 Å². The highest BCUT2D eigenvalue weighted by atomic mass is 19.1. The summed E-state index contributed by atoms with van der Waals surface area (Å²) >= 11 is 0. The van der Waals surface area contributed by atoms with Gasteiger partial charge in [0.1, 0.15) is 5.82 Å². The lowest BCUT2D eigenvalue weighted by atomic mass is 10.0. The van der Waals surface area contributed by atoms with Crippen LogP contribution in [0.25, 0.3) is 10.8 Å². The van der Waals surface area contributed by atoms with E-state index in [1.54, 1.807) is 26.0 Å². The van der Waals surface area contributed by atoms with Gasteiger partial charge in [-0.1, -0.05) is 18.2 Å². The Balaban J connectivity index is 2.19. The Kier molecular flexibility index (Phi) is 4.23. The first-order chi connectivity index (χ1) is 9.47. The lowest BCUT2D eigenvalue weighted by Gasteiger charge is -2.11. The van der Waals surface area contributed by atoms with Crippen LogP contribution in [0.1, 0.15) is 25.0 Å². The maximum absolute atomic E-state index is 13.8. The zero-order chi connectivity index (χ0) is 14.7. The minimum atomic E-state index is -0.487. The van der Waals surface area contributed by atoms with E-state index in [1.807, 2.05) is 12.1 Å². The van der Waals surface area contributed by atoms with Gasteiger partial charge >= 0.3 is 6.09 Å². The number of benzene rings is 2. The van der Waals surface area contributed by atoms with E-state index >= 15 is 0 Å². The van der Waals surface area contributed by atoms with Crippen molar-refractivity contribution >= 4 is 16.9 Å². The number of hydrogen-bond donors (Lipinski definition) is 1. The van der Waals surface area contributed by atoms with E-state index in [2.05, 4.69) is 12.2 Å². The lowest BCUT2D eigenvalue weighted by Crippen LogP contribution is -2.26. The van der Waals surface area contributed by atoms with Crippen LogP contribution in [0.4, 0.5) is 9.18 Å². The van der Waals surface area contributed by atoms with Crippen LogP contribution < -0.4 is 5.32 Å². The number of hydrogen-bond acceptors (Lipinski definition) is 2. The smallest absolute Gasteiger partial charge is 0.407 e. The second-order valence-electron chi connectivity index (χ2n) is 4.90. The van der Waals surface area contributed by atoms with Crippen LogP contribution in [-0.2, 0) is 11.3 Å². The molecule has 4 heteroatoms. The van der Waals surface area contributed by atoms with Gasteiger partial charge in [-0.15, -0.1) is 0 Å². The van der Waals surface area contributed by atoms with E-state index in [-0.39, 0.29) is 18.5 Å². The first-order valence-electron chi connectivity index (χ1n) is 6.45. The number of carbonyl (C=O) groups excluding carboxylic acids is 1. The molecule has 3 nitrogen and oxygen atoms in total. The van der Waals surface area contributed by atoms with Crippen LogP contribution in [-0.4, -0.2) is 12.2 Å². The van der Waals surface area contributed by atoms with Gasteiger partial charge in [-0.2, -0.15) is 0 Å². The molecule has 0 fully saturated rings. The zero-order valence-corrected chi connectivity index (χ0v) is 11.6. The lowest BCUT2D eigenvalue weighted by molar-refractivity contribution is 0.115. The molecule has 0 bridgehead atoms. The van der Waals surface area contributed by atoms with Crippen LogP contribution in [0.15, 0.2) is 30.3 Å². The maximum Gasteiger partial charge on any atom is 0.407 e. The van der Waals surface area contributed by atoms with Gasteiger partial charge < -0.3 is 10.1 Å². The first-order valence-corrected chi connectivity index (χ1v) is 6.45. The summed E-state index contributed by atoms with van der Waals surface area (Å²) in [4.78, 5) is 11.4. The summed E-state index contributed by atoms with van der Waals surface area (Å²) in [6, 6.07) is 8.44. The number of ether oxygens (including phenoxy) is 1. The number of fused-ring (bicyclic) bond motifs is 1. The number of halogens is 1. The minimum Gasteiger partial charge on any atom is -0.447 e. The molecule has 20 heavy (non-hydrogen) atoms. The fraction of sp³-hybridized carbons (Fsp3) is 0.250. The van der Waals surface area contributed by atoms with Crippen molar-refractivity contribution in [2.45, 2.75) is 26.5 Å². The van der Waals surface area contributed by atoms with E-state index in [9.17, 15) is 9.18 Å². The van der Waals surface area contributed by atoms with Gasteiger partial charge in [0.2, 0.25) is 0 Å². The number of carbonyl (C=O) groups is 1. The van der Waals surface area contributed by atoms with Crippen molar-refractivity contribution in [3.63, 3.8) is 0 Å². The van der Waals surface area contributed by atoms with E-state index in [0.29, 0.717) is 5.39 Å². The average Bonchev–Trinajstić information content (AvgIpc) is 2.37. The Morgan fingerprint density at radius 2 is 2.10 bits per heavy atom. The molecule has 0 aliphatic heterocycles. The van der Waals surface area contributed by atoms with Gasteiger partial charge in [0.15, 0.2) is 0 Å². The zero-order valence-electron chi connectivity index (χ0n) is 11.6. The quantitative estimate of drug-likeness (QED) is 0.924.